The van der Waals surface area contributed by atoms with Gasteiger partial charge in [-0.15, -0.1) is 0 Å². The van der Waals surface area contributed by atoms with Gasteiger partial charge in [0.2, 0.25) is 0 Å². The highest BCUT2D eigenvalue weighted by Crippen LogP contribution is 2.18. The zero-order chi connectivity index (χ0) is 13.1. The Kier molecular flexibility index (Phi) is 3.46. The molecule has 0 aliphatic carbocycles. The molecule has 0 aliphatic heterocycles. The molecule has 2 rings (SSSR count). The van der Waals surface area contributed by atoms with Crippen molar-refractivity contribution >= 4 is 18.4 Å². The summed E-state index contributed by atoms with van der Waals surface area (Å²) < 4.78 is 0. The van der Waals surface area contributed by atoms with E-state index in [-0.39, 0.29) is 16.8 Å². The number of hydrogen-bond donors (Lipinski definition) is 3. The molecule has 0 fully saturated rings. The fraction of sp³-hybridized carbons (Fsp3) is 0. The van der Waals surface area contributed by atoms with Gasteiger partial charge in [-0.2, -0.15) is 0 Å². The van der Waals surface area contributed by atoms with Crippen LogP contribution in [0.1, 0.15) is 15.9 Å². The van der Waals surface area contributed by atoms with Gasteiger partial charge in [-0.25, -0.2) is 0 Å². The van der Waals surface area contributed by atoms with Crippen LogP contribution in [-0.2, 0) is 0 Å². The first-order valence-corrected chi connectivity index (χ1v) is 5.39. The second-order valence-corrected chi connectivity index (χ2v) is 3.81. The second-order valence-electron chi connectivity index (χ2n) is 3.81. The fourth-order valence-corrected chi connectivity index (χ4v) is 1.75. The molecule has 5 heteroatoms. The van der Waals surface area contributed by atoms with Crippen molar-refractivity contribution in [2.45, 2.75) is 0 Å². The van der Waals surface area contributed by atoms with E-state index in [0.29, 0.717) is 5.56 Å². The lowest BCUT2D eigenvalue weighted by Gasteiger charge is -2.09. The largest absolute Gasteiger partial charge is 0.507 e. The monoisotopic (exact) mass is 242 g/mol. The van der Waals surface area contributed by atoms with Gasteiger partial charge in [-0.05, 0) is 11.5 Å². The van der Waals surface area contributed by atoms with Gasteiger partial charge in [0.05, 0.1) is 5.56 Å². The Bertz CT molecular complexity index is 566. The van der Waals surface area contributed by atoms with Gasteiger partial charge >= 0.3 is 7.12 Å². The number of carbonyl (C=O) groups excluding carboxylic acids is 1. The fourth-order valence-electron chi connectivity index (χ4n) is 1.75. The normalized spacial score (nSPS) is 10.1. The molecule has 90 valence electrons. The van der Waals surface area contributed by atoms with Crippen LogP contribution in [0.3, 0.4) is 0 Å². The summed E-state index contributed by atoms with van der Waals surface area (Å²) in [6, 6.07) is 12.5. The van der Waals surface area contributed by atoms with E-state index in [1.165, 1.54) is 18.2 Å². The molecule has 0 amide bonds. The van der Waals surface area contributed by atoms with Crippen molar-refractivity contribution in [3.05, 3.63) is 59.7 Å². The van der Waals surface area contributed by atoms with Crippen molar-refractivity contribution in [1.29, 1.82) is 0 Å². The number of ketones is 1. The number of rotatable bonds is 3. The molecule has 2 aromatic rings. The molecule has 0 spiro atoms. The van der Waals surface area contributed by atoms with Crippen molar-refractivity contribution in [2.75, 3.05) is 0 Å². The quantitative estimate of drug-likeness (QED) is 0.534. The average molecular weight is 242 g/mol. The number of carbonyl (C=O) groups is 1. The van der Waals surface area contributed by atoms with E-state index in [0.717, 1.165) is 0 Å². The molecule has 0 aromatic heterocycles. The topological polar surface area (TPSA) is 77.8 Å². The molecule has 0 heterocycles. The van der Waals surface area contributed by atoms with E-state index in [2.05, 4.69) is 0 Å². The Hall–Kier alpha value is -2.11. The van der Waals surface area contributed by atoms with Crippen LogP contribution in [-0.4, -0.2) is 28.1 Å². The third-order valence-electron chi connectivity index (χ3n) is 2.62. The summed E-state index contributed by atoms with van der Waals surface area (Å²) in [6.07, 6.45) is 0. The van der Waals surface area contributed by atoms with Crippen molar-refractivity contribution in [1.82, 2.24) is 0 Å². The summed E-state index contributed by atoms with van der Waals surface area (Å²) in [7, 11) is -1.81. The van der Waals surface area contributed by atoms with Crippen LogP contribution < -0.4 is 5.46 Å². The van der Waals surface area contributed by atoms with E-state index in [9.17, 15) is 19.9 Å². The van der Waals surface area contributed by atoms with Crippen molar-refractivity contribution in [2.24, 2.45) is 0 Å². The van der Waals surface area contributed by atoms with E-state index >= 15 is 0 Å². The number of hydrogen-bond acceptors (Lipinski definition) is 4. The van der Waals surface area contributed by atoms with E-state index in [1.54, 1.807) is 30.3 Å². The molecule has 0 unspecified atom stereocenters. The summed E-state index contributed by atoms with van der Waals surface area (Å²) >= 11 is 0. The number of aromatic hydroxyl groups is 1. The van der Waals surface area contributed by atoms with Gasteiger partial charge in [0.1, 0.15) is 5.75 Å². The zero-order valence-electron chi connectivity index (χ0n) is 9.45. The molecule has 18 heavy (non-hydrogen) atoms. The molecule has 0 bridgehead atoms. The molecular formula is C13H11BO4. The van der Waals surface area contributed by atoms with Gasteiger partial charge in [0, 0.05) is 5.56 Å². The van der Waals surface area contributed by atoms with E-state index in [1.807, 2.05) is 0 Å². The third-order valence-corrected chi connectivity index (χ3v) is 2.62. The Balaban J connectivity index is 2.54. The molecule has 0 saturated carbocycles. The summed E-state index contributed by atoms with van der Waals surface area (Å²) in [5.74, 6) is -0.716. The first kappa shape index (κ1) is 12.4. The van der Waals surface area contributed by atoms with Gasteiger partial charge in [0.25, 0.3) is 0 Å². The van der Waals surface area contributed by atoms with Crippen LogP contribution >= 0.6 is 0 Å². The predicted octanol–water partition coefficient (Wildman–Crippen LogP) is 0.303. The van der Waals surface area contributed by atoms with Gasteiger partial charge in [-0.1, -0.05) is 42.5 Å². The van der Waals surface area contributed by atoms with Crippen molar-refractivity contribution < 1.29 is 19.9 Å². The van der Waals surface area contributed by atoms with Gasteiger partial charge in [-0.3, -0.25) is 4.79 Å². The van der Waals surface area contributed by atoms with Crippen LogP contribution in [0.5, 0.6) is 5.75 Å². The molecular weight excluding hydrogens is 231 g/mol. The Labute approximate surface area is 104 Å². The Morgan fingerprint density at radius 2 is 1.61 bits per heavy atom. The molecule has 2 aromatic carbocycles. The maximum Gasteiger partial charge on any atom is 0.489 e. The lowest BCUT2D eigenvalue weighted by Crippen LogP contribution is -2.34. The van der Waals surface area contributed by atoms with Crippen LogP contribution in [0.25, 0.3) is 0 Å². The SMILES string of the molecule is O=C(c1ccccc1)c1c(O)cccc1B(O)O. The lowest BCUT2D eigenvalue weighted by atomic mass is 9.75. The summed E-state index contributed by atoms with van der Waals surface area (Å²) in [6.45, 7) is 0. The average Bonchev–Trinajstić information content (AvgIpc) is 2.38. The number of phenolic OH excluding ortho intramolecular Hbond substituents is 1. The predicted molar refractivity (Wildman–Crippen MR) is 67.8 cm³/mol. The smallest absolute Gasteiger partial charge is 0.489 e. The van der Waals surface area contributed by atoms with Crippen LogP contribution in [0, 0.1) is 0 Å². The number of benzene rings is 2. The lowest BCUT2D eigenvalue weighted by molar-refractivity contribution is 0.103. The first-order valence-electron chi connectivity index (χ1n) is 5.39. The third kappa shape index (κ3) is 2.27. The maximum atomic E-state index is 12.2. The molecule has 0 radical (unpaired) electrons. The highest BCUT2D eigenvalue weighted by molar-refractivity contribution is 6.60. The summed E-state index contributed by atoms with van der Waals surface area (Å²) in [5, 5.41) is 28.2. The highest BCUT2D eigenvalue weighted by Gasteiger charge is 2.24. The summed E-state index contributed by atoms with van der Waals surface area (Å²) in [4.78, 5) is 12.2. The maximum absolute atomic E-state index is 12.2. The van der Waals surface area contributed by atoms with E-state index < -0.39 is 12.9 Å². The van der Waals surface area contributed by atoms with E-state index in [4.69, 9.17) is 0 Å². The zero-order valence-corrected chi connectivity index (χ0v) is 9.45. The molecule has 0 saturated heterocycles. The minimum absolute atomic E-state index is 0.0103. The van der Waals surface area contributed by atoms with Gasteiger partial charge in [0.15, 0.2) is 5.78 Å². The van der Waals surface area contributed by atoms with Crippen LogP contribution in [0.2, 0.25) is 0 Å². The van der Waals surface area contributed by atoms with Gasteiger partial charge < -0.3 is 15.2 Å². The minimum atomic E-state index is -1.81. The molecule has 3 N–H and O–H groups in total. The number of phenols is 1. The second kappa shape index (κ2) is 5.04. The highest BCUT2D eigenvalue weighted by atomic mass is 16.4. The summed E-state index contributed by atoms with van der Waals surface area (Å²) in [5.41, 5.74) is 0.281. The molecule has 4 nitrogen and oxygen atoms in total. The molecule has 0 atom stereocenters. The van der Waals surface area contributed by atoms with Crippen molar-refractivity contribution in [3.8, 4) is 5.75 Å². The Morgan fingerprint density at radius 3 is 2.22 bits per heavy atom. The van der Waals surface area contributed by atoms with Crippen molar-refractivity contribution in [3.63, 3.8) is 0 Å². The Morgan fingerprint density at radius 1 is 0.944 bits per heavy atom. The first-order chi connectivity index (χ1) is 8.61. The minimum Gasteiger partial charge on any atom is -0.507 e. The van der Waals surface area contributed by atoms with Crippen LogP contribution in [0.4, 0.5) is 0 Å². The molecule has 0 aliphatic rings. The standard InChI is InChI=1S/C13H11BO4/c15-11-8-4-7-10(14(17)18)12(11)13(16)9-5-2-1-3-6-9/h1-8,15,17-18H. The van der Waals surface area contributed by atoms with Crippen LogP contribution in [0.15, 0.2) is 48.5 Å².